The number of anilines is 2. The number of carbonyl (C=O) groups excluding carboxylic acids is 1. The zero-order chi connectivity index (χ0) is 19.8. The molecule has 6 nitrogen and oxygen atoms in total. The summed E-state index contributed by atoms with van der Waals surface area (Å²) in [5.41, 5.74) is 3.34. The van der Waals surface area contributed by atoms with Gasteiger partial charge in [0, 0.05) is 12.2 Å². The number of aromatic nitrogens is 2. The molecule has 2 N–H and O–H groups in total. The molecule has 1 aromatic heterocycles. The van der Waals surface area contributed by atoms with Gasteiger partial charge in [0.25, 0.3) is 5.91 Å². The Hall–Kier alpha value is -3.41. The third kappa shape index (κ3) is 5.07. The van der Waals surface area contributed by atoms with E-state index in [4.69, 9.17) is 4.74 Å². The van der Waals surface area contributed by atoms with Crippen molar-refractivity contribution in [1.82, 2.24) is 10.2 Å². The summed E-state index contributed by atoms with van der Waals surface area (Å²) in [5.74, 6) is 1.21. The number of ether oxygens (including phenoxy) is 1. The lowest BCUT2D eigenvalue weighted by Gasteiger charge is -2.09. The van der Waals surface area contributed by atoms with Crippen LogP contribution in [0.5, 0.6) is 5.75 Å². The van der Waals surface area contributed by atoms with Crippen molar-refractivity contribution < 1.29 is 9.53 Å². The Kier molecular flexibility index (Phi) is 6.57. The Bertz CT molecular complexity index is 926. The maximum atomic E-state index is 12.4. The van der Waals surface area contributed by atoms with Crippen LogP contribution in [-0.2, 0) is 12.8 Å². The van der Waals surface area contributed by atoms with Gasteiger partial charge in [-0.05, 0) is 54.3 Å². The molecular formula is C22H24N4O2. The second kappa shape index (κ2) is 9.50. The molecular weight excluding hydrogens is 352 g/mol. The van der Waals surface area contributed by atoms with Gasteiger partial charge in [0.1, 0.15) is 11.6 Å². The highest BCUT2D eigenvalue weighted by atomic mass is 16.5. The largest absolute Gasteiger partial charge is 0.497 e. The number of para-hydroxylation sites is 1. The van der Waals surface area contributed by atoms with E-state index in [2.05, 4.69) is 33.8 Å². The summed E-state index contributed by atoms with van der Waals surface area (Å²) in [5, 5.41) is 14.3. The van der Waals surface area contributed by atoms with Crippen LogP contribution in [0.15, 0.2) is 60.7 Å². The summed E-state index contributed by atoms with van der Waals surface area (Å²) in [6, 6.07) is 19.1. The van der Waals surface area contributed by atoms with Crippen molar-refractivity contribution in [2.75, 3.05) is 24.3 Å². The average molecular weight is 376 g/mol. The summed E-state index contributed by atoms with van der Waals surface area (Å²) >= 11 is 0. The topological polar surface area (TPSA) is 76.1 Å². The molecule has 6 heteroatoms. The Balaban J connectivity index is 1.54. The van der Waals surface area contributed by atoms with Crippen molar-refractivity contribution in [2.24, 2.45) is 0 Å². The van der Waals surface area contributed by atoms with E-state index in [9.17, 15) is 4.79 Å². The number of amides is 1. The van der Waals surface area contributed by atoms with Gasteiger partial charge in [-0.3, -0.25) is 4.79 Å². The Morgan fingerprint density at radius 3 is 2.64 bits per heavy atom. The van der Waals surface area contributed by atoms with Gasteiger partial charge >= 0.3 is 0 Å². The molecule has 0 saturated heterocycles. The summed E-state index contributed by atoms with van der Waals surface area (Å²) in [7, 11) is 1.66. The number of aryl methyl sites for hydroxylation is 1. The molecule has 3 rings (SSSR count). The first-order valence-electron chi connectivity index (χ1n) is 9.29. The number of benzene rings is 2. The second-order valence-electron chi connectivity index (χ2n) is 6.30. The molecule has 0 atom stereocenters. The molecule has 1 heterocycles. The molecule has 1 amide bonds. The fraction of sp³-hybridized carbons (Fsp3) is 0.227. The van der Waals surface area contributed by atoms with Gasteiger partial charge in [0.2, 0.25) is 0 Å². The first kappa shape index (κ1) is 19.4. The van der Waals surface area contributed by atoms with Crippen molar-refractivity contribution >= 4 is 17.4 Å². The van der Waals surface area contributed by atoms with E-state index in [-0.39, 0.29) is 11.6 Å². The van der Waals surface area contributed by atoms with E-state index in [1.807, 2.05) is 42.5 Å². The molecule has 0 radical (unpaired) electrons. The van der Waals surface area contributed by atoms with E-state index >= 15 is 0 Å². The SMILES string of the molecule is CCc1ccccc1NC(=O)c1ccc(NCCc2cccc(OC)c2)nn1. The van der Waals surface area contributed by atoms with Gasteiger partial charge in [-0.1, -0.05) is 37.3 Å². The number of hydrogen-bond donors (Lipinski definition) is 2. The first-order chi connectivity index (χ1) is 13.7. The second-order valence-corrected chi connectivity index (χ2v) is 6.30. The van der Waals surface area contributed by atoms with Crippen molar-refractivity contribution in [3.05, 3.63) is 77.5 Å². The number of nitrogens with one attached hydrogen (secondary N) is 2. The number of carbonyl (C=O) groups is 1. The lowest BCUT2D eigenvalue weighted by Crippen LogP contribution is -2.16. The summed E-state index contributed by atoms with van der Waals surface area (Å²) in [4.78, 5) is 12.4. The van der Waals surface area contributed by atoms with Crippen molar-refractivity contribution in [3.8, 4) is 5.75 Å². The lowest BCUT2D eigenvalue weighted by molar-refractivity contribution is 0.102. The van der Waals surface area contributed by atoms with E-state index < -0.39 is 0 Å². The Morgan fingerprint density at radius 2 is 1.89 bits per heavy atom. The molecule has 28 heavy (non-hydrogen) atoms. The molecule has 0 unspecified atom stereocenters. The van der Waals surface area contributed by atoms with Crippen molar-refractivity contribution in [1.29, 1.82) is 0 Å². The number of hydrogen-bond acceptors (Lipinski definition) is 5. The molecule has 2 aromatic carbocycles. The van der Waals surface area contributed by atoms with Gasteiger partial charge in [0.05, 0.1) is 7.11 Å². The van der Waals surface area contributed by atoms with E-state index in [0.717, 1.165) is 29.8 Å². The van der Waals surface area contributed by atoms with E-state index in [1.165, 1.54) is 5.56 Å². The molecule has 0 aliphatic carbocycles. The summed E-state index contributed by atoms with van der Waals surface area (Å²) < 4.78 is 5.23. The van der Waals surface area contributed by atoms with Gasteiger partial charge in [-0.25, -0.2) is 0 Å². The van der Waals surface area contributed by atoms with Crippen LogP contribution in [0, 0.1) is 0 Å². The zero-order valence-corrected chi connectivity index (χ0v) is 16.1. The van der Waals surface area contributed by atoms with Crippen LogP contribution in [0.2, 0.25) is 0 Å². The molecule has 144 valence electrons. The highest BCUT2D eigenvalue weighted by molar-refractivity contribution is 6.03. The molecule has 0 aliphatic heterocycles. The Labute approximate surface area is 165 Å². The van der Waals surface area contributed by atoms with Crippen LogP contribution in [0.3, 0.4) is 0 Å². The summed E-state index contributed by atoms with van der Waals surface area (Å²) in [6.45, 7) is 2.76. The van der Waals surface area contributed by atoms with Crippen molar-refractivity contribution in [3.63, 3.8) is 0 Å². The highest BCUT2D eigenvalue weighted by Crippen LogP contribution is 2.16. The third-order valence-corrected chi connectivity index (χ3v) is 4.40. The van der Waals surface area contributed by atoms with Gasteiger partial charge in [0.15, 0.2) is 5.69 Å². The standard InChI is InChI=1S/C22H24N4O2/c1-3-17-8-4-5-10-19(17)24-22(27)20-11-12-21(26-25-20)23-14-13-16-7-6-9-18(15-16)28-2/h4-12,15H,3,13-14H2,1-2H3,(H,23,26)(H,24,27). The molecule has 3 aromatic rings. The van der Waals surface area contributed by atoms with Crippen molar-refractivity contribution in [2.45, 2.75) is 19.8 Å². The maximum absolute atomic E-state index is 12.4. The van der Waals surface area contributed by atoms with Gasteiger partial charge in [-0.15, -0.1) is 10.2 Å². The molecule has 0 aliphatic rings. The molecule has 0 spiro atoms. The zero-order valence-electron chi connectivity index (χ0n) is 16.1. The lowest BCUT2D eigenvalue weighted by atomic mass is 10.1. The van der Waals surface area contributed by atoms with Gasteiger partial charge < -0.3 is 15.4 Å². The fourth-order valence-electron chi connectivity index (χ4n) is 2.85. The predicted octanol–water partition coefficient (Wildman–Crippen LogP) is 3.95. The normalized spacial score (nSPS) is 10.4. The van der Waals surface area contributed by atoms with Crippen LogP contribution in [0.1, 0.15) is 28.5 Å². The predicted molar refractivity (Wildman–Crippen MR) is 111 cm³/mol. The minimum absolute atomic E-state index is 0.267. The third-order valence-electron chi connectivity index (χ3n) is 4.40. The van der Waals surface area contributed by atoms with Crippen LogP contribution in [0.4, 0.5) is 11.5 Å². The highest BCUT2D eigenvalue weighted by Gasteiger charge is 2.10. The molecule has 0 fully saturated rings. The first-order valence-corrected chi connectivity index (χ1v) is 9.29. The average Bonchev–Trinajstić information content (AvgIpc) is 2.74. The number of rotatable bonds is 8. The number of methoxy groups -OCH3 is 1. The monoisotopic (exact) mass is 376 g/mol. The minimum Gasteiger partial charge on any atom is -0.497 e. The Morgan fingerprint density at radius 1 is 1.04 bits per heavy atom. The van der Waals surface area contributed by atoms with Crippen LogP contribution < -0.4 is 15.4 Å². The maximum Gasteiger partial charge on any atom is 0.276 e. The smallest absolute Gasteiger partial charge is 0.276 e. The number of nitrogens with zero attached hydrogens (tertiary/aromatic N) is 2. The van der Waals surface area contributed by atoms with Crippen LogP contribution >= 0.6 is 0 Å². The fourth-order valence-corrected chi connectivity index (χ4v) is 2.85. The van der Waals surface area contributed by atoms with Gasteiger partial charge in [-0.2, -0.15) is 0 Å². The van der Waals surface area contributed by atoms with Crippen LogP contribution in [0.25, 0.3) is 0 Å². The minimum atomic E-state index is -0.267. The quantitative estimate of drug-likeness (QED) is 0.622. The molecule has 0 saturated carbocycles. The molecule has 0 bridgehead atoms. The van der Waals surface area contributed by atoms with E-state index in [1.54, 1.807) is 19.2 Å². The van der Waals surface area contributed by atoms with Crippen LogP contribution in [-0.4, -0.2) is 29.8 Å². The summed E-state index contributed by atoms with van der Waals surface area (Å²) in [6.07, 6.45) is 1.67. The van der Waals surface area contributed by atoms with E-state index in [0.29, 0.717) is 12.4 Å².